The monoisotopic (exact) mass is 249 g/mol. The summed E-state index contributed by atoms with van der Waals surface area (Å²) in [5.41, 5.74) is 3.01. The van der Waals surface area contributed by atoms with Crippen molar-refractivity contribution in [3.63, 3.8) is 0 Å². The minimum Gasteiger partial charge on any atom is -0.400 e. The van der Waals surface area contributed by atoms with Crippen LogP contribution in [0.15, 0.2) is 16.3 Å². The second-order valence-electron chi connectivity index (χ2n) is 2.80. The zero-order valence-electron chi connectivity index (χ0n) is 9.97. The van der Waals surface area contributed by atoms with Gasteiger partial charge in [0.15, 0.2) is 0 Å². The topological polar surface area (TPSA) is 40.5 Å². The fraction of sp³-hybridized carbons (Fsp3) is 0.600. The van der Waals surface area contributed by atoms with E-state index in [0.717, 1.165) is 24.5 Å². The van der Waals surface area contributed by atoms with E-state index in [1.807, 2.05) is 0 Å². The number of hydrogen-bond donors (Lipinski definition) is 2. The SMILES string of the molecule is CC1=C(C)C(C)[C-]=C1[SiH3].CO.CO.[Ti]. The summed E-state index contributed by atoms with van der Waals surface area (Å²) in [4.78, 5) is 0. The molecule has 0 aromatic rings. The second-order valence-corrected chi connectivity index (χ2v) is 3.80. The molecule has 14 heavy (non-hydrogen) atoms. The van der Waals surface area contributed by atoms with Crippen LogP contribution in [0.3, 0.4) is 0 Å². The Bertz CT molecular complexity index is 200. The smallest absolute Gasteiger partial charge is 0.0319 e. The maximum absolute atomic E-state index is 7.00. The summed E-state index contributed by atoms with van der Waals surface area (Å²) in [5, 5.41) is 15.5. The van der Waals surface area contributed by atoms with E-state index < -0.39 is 0 Å². The van der Waals surface area contributed by atoms with Gasteiger partial charge in [-0.1, -0.05) is 19.8 Å². The second kappa shape index (κ2) is 11.4. The van der Waals surface area contributed by atoms with Crippen LogP contribution in [0.25, 0.3) is 0 Å². The van der Waals surface area contributed by atoms with Crippen molar-refractivity contribution in [1.82, 2.24) is 0 Å². The summed E-state index contributed by atoms with van der Waals surface area (Å²) in [6, 6.07) is 0. The van der Waals surface area contributed by atoms with Gasteiger partial charge in [0.25, 0.3) is 0 Å². The van der Waals surface area contributed by atoms with Crippen molar-refractivity contribution in [3.8, 4) is 0 Å². The van der Waals surface area contributed by atoms with Gasteiger partial charge in [-0.25, -0.2) is 10.8 Å². The molecular formula is C10H21O2SiTi-. The Balaban J connectivity index is -0.000000216. The van der Waals surface area contributed by atoms with Gasteiger partial charge in [0, 0.05) is 35.9 Å². The van der Waals surface area contributed by atoms with Crippen molar-refractivity contribution in [2.24, 2.45) is 5.92 Å². The standard InChI is InChI=1S/C8H13Si.2CH4O.Ti/c1-5-4-8(9)7(3)6(5)2;2*1-2;/h5H,1-3,9H3;2*2H,1H3;/q-1;;;. The fourth-order valence-corrected chi connectivity index (χ4v) is 1.99. The van der Waals surface area contributed by atoms with E-state index in [0.29, 0.717) is 5.92 Å². The minimum atomic E-state index is 0. The van der Waals surface area contributed by atoms with Gasteiger partial charge < -0.3 is 10.2 Å². The van der Waals surface area contributed by atoms with Gasteiger partial charge in [0.2, 0.25) is 0 Å². The first-order valence-electron chi connectivity index (χ1n) is 4.30. The maximum Gasteiger partial charge on any atom is 0.0319 e. The molecule has 2 N–H and O–H groups in total. The van der Waals surface area contributed by atoms with E-state index in [1.165, 1.54) is 16.3 Å². The first-order chi connectivity index (χ1) is 6.13. The molecule has 0 aromatic carbocycles. The van der Waals surface area contributed by atoms with E-state index in [1.54, 1.807) is 0 Å². The van der Waals surface area contributed by atoms with Crippen molar-refractivity contribution in [2.75, 3.05) is 14.2 Å². The molecule has 0 aliphatic heterocycles. The average molecular weight is 249 g/mol. The predicted molar refractivity (Wildman–Crippen MR) is 60.5 cm³/mol. The van der Waals surface area contributed by atoms with Crippen molar-refractivity contribution in [2.45, 2.75) is 20.8 Å². The summed E-state index contributed by atoms with van der Waals surface area (Å²) in [6.45, 7) is 6.62. The first-order valence-corrected chi connectivity index (χ1v) is 5.30. The summed E-state index contributed by atoms with van der Waals surface area (Å²) in [7, 11) is 3.16. The third-order valence-electron chi connectivity index (χ3n) is 2.24. The molecule has 1 rings (SSSR count). The fourth-order valence-electron chi connectivity index (χ4n) is 1.16. The number of hydrogen-bond acceptors (Lipinski definition) is 2. The molecule has 1 unspecified atom stereocenters. The van der Waals surface area contributed by atoms with Crippen LogP contribution in [-0.2, 0) is 21.7 Å². The van der Waals surface area contributed by atoms with Gasteiger partial charge in [-0.05, 0) is 10.2 Å². The van der Waals surface area contributed by atoms with Gasteiger partial charge in [-0.3, -0.25) is 6.08 Å². The molecule has 2 nitrogen and oxygen atoms in total. The molecule has 0 saturated carbocycles. The first kappa shape index (κ1) is 19.8. The third kappa shape index (κ3) is 5.94. The summed E-state index contributed by atoms with van der Waals surface area (Å²) >= 11 is 0. The quantitative estimate of drug-likeness (QED) is 0.477. The summed E-state index contributed by atoms with van der Waals surface area (Å²) in [6.07, 6.45) is 3.42. The van der Waals surface area contributed by atoms with Crippen LogP contribution in [0, 0.1) is 12.0 Å². The van der Waals surface area contributed by atoms with Crippen LogP contribution in [0.5, 0.6) is 0 Å². The Labute approximate surface area is 105 Å². The van der Waals surface area contributed by atoms with Crippen LogP contribution in [0.1, 0.15) is 20.8 Å². The summed E-state index contributed by atoms with van der Waals surface area (Å²) in [5.74, 6) is 0.595. The molecule has 0 bridgehead atoms. The normalized spacial score (nSPS) is 18.5. The van der Waals surface area contributed by atoms with Gasteiger partial charge >= 0.3 is 0 Å². The number of aliphatic hydroxyl groups excluding tert-OH is 2. The van der Waals surface area contributed by atoms with Gasteiger partial charge in [0.05, 0.1) is 0 Å². The van der Waals surface area contributed by atoms with Gasteiger partial charge in [0.1, 0.15) is 0 Å². The summed E-state index contributed by atoms with van der Waals surface area (Å²) < 4.78 is 0. The van der Waals surface area contributed by atoms with Crippen LogP contribution < -0.4 is 0 Å². The van der Waals surface area contributed by atoms with Gasteiger partial charge in [-0.15, -0.1) is 6.92 Å². The number of aliphatic hydroxyl groups is 2. The Morgan fingerprint density at radius 2 is 1.50 bits per heavy atom. The molecule has 1 atom stereocenters. The molecule has 4 heteroatoms. The van der Waals surface area contributed by atoms with E-state index in [9.17, 15) is 0 Å². The zero-order chi connectivity index (χ0) is 11.0. The minimum absolute atomic E-state index is 0. The molecule has 0 amide bonds. The average Bonchev–Trinajstić information content (AvgIpc) is 2.40. The van der Waals surface area contributed by atoms with Crippen LogP contribution in [0.4, 0.5) is 0 Å². The molecule has 82 valence electrons. The zero-order valence-corrected chi connectivity index (χ0v) is 13.5. The van der Waals surface area contributed by atoms with E-state index in [4.69, 9.17) is 10.2 Å². The predicted octanol–water partition coefficient (Wildman–Crippen LogP) is 0.239. The van der Waals surface area contributed by atoms with Crippen molar-refractivity contribution >= 4 is 10.2 Å². The Morgan fingerprint density at radius 1 is 1.14 bits per heavy atom. The maximum atomic E-state index is 7.00. The van der Waals surface area contributed by atoms with Crippen LogP contribution in [-0.4, -0.2) is 34.7 Å². The molecule has 0 spiro atoms. The molecule has 0 heterocycles. The van der Waals surface area contributed by atoms with Crippen molar-refractivity contribution in [3.05, 3.63) is 22.4 Å². The molecule has 0 saturated heterocycles. The van der Waals surface area contributed by atoms with E-state index in [-0.39, 0.29) is 21.7 Å². The molecule has 1 aliphatic carbocycles. The molecule has 0 fully saturated rings. The Kier molecular flexibility index (Phi) is 16.2. The molecule has 1 aliphatic rings. The van der Waals surface area contributed by atoms with Crippen LogP contribution in [0.2, 0.25) is 0 Å². The largest absolute Gasteiger partial charge is 0.400 e. The van der Waals surface area contributed by atoms with E-state index in [2.05, 4.69) is 26.8 Å². The van der Waals surface area contributed by atoms with Crippen molar-refractivity contribution in [1.29, 1.82) is 0 Å². The Morgan fingerprint density at radius 3 is 1.57 bits per heavy atom. The molecule has 0 radical (unpaired) electrons. The van der Waals surface area contributed by atoms with Gasteiger partial charge in [-0.2, -0.15) is 5.57 Å². The van der Waals surface area contributed by atoms with Crippen molar-refractivity contribution < 1.29 is 31.9 Å². The molecular weight excluding hydrogens is 228 g/mol. The van der Waals surface area contributed by atoms with Crippen LogP contribution >= 0.6 is 0 Å². The number of rotatable bonds is 0. The Hall–Kier alpha value is 0.331. The van der Waals surface area contributed by atoms with E-state index >= 15 is 0 Å². The molecule has 0 aromatic heterocycles. The number of allylic oxidation sites excluding steroid dienone is 4. The third-order valence-corrected chi connectivity index (χ3v) is 3.28.